The van der Waals surface area contributed by atoms with Gasteiger partial charge in [-0.1, -0.05) is 62.4 Å². The van der Waals surface area contributed by atoms with Gasteiger partial charge in [0.1, 0.15) is 0 Å². The normalized spacial score (nSPS) is 33.6. The van der Waals surface area contributed by atoms with E-state index < -0.39 is 5.25 Å². The average molecular weight is 398 g/mol. The molecule has 1 heterocycles. The molecule has 5 nitrogen and oxygen atoms in total. The minimum Gasteiger partial charge on any atom is -0.303 e. The third kappa shape index (κ3) is 3.11. The standard InChI is InChI=1S/C22H27N3O2S/c1-13-5-7-14(8-6-13)16(26)12-17-19(27)23-20(28-17)25-24-18-11-15-9-10-22(18,4)21(15,2)3/h5-8,15,17H,9-12H2,1-4H3,(H,23,25,27)/b24-18+. The Morgan fingerprint density at radius 3 is 2.54 bits per heavy atom. The number of hydrogen-bond donors (Lipinski definition) is 1. The Morgan fingerprint density at radius 1 is 1.21 bits per heavy atom. The molecule has 28 heavy (non-hydrogen) atoms. The van der Waals surface area contributed by atoms with Gasteiger partial charge in [-0.2, -0.15) is 5.10 Å². The molecule has 1 aliphatic heterocycles. The number of fused-ring (bicyclic) bond motifs is 2. The van der Waals surface area contributed by atoms with E-state index in [1.165, 1.54) is 18.2 Å². The summed E-state index contributed by atoms with van der Waals surface area (Å²) < 4.78 is 0. The number of aryl methyl sites for hydroxylation is 1. The highest BCUT2D eigenvalue weighted by molar-refractivity contribution is 8.15. The molecule has 3 unspecified atom stereocenters. The molecule has 0 aromatic heterocycles. The van der Waals surface area contributed by atoms with Crippen molar-refractivity contribution in [1.82, 2.24) is 5.32 Å². The summed E-state index contributed by atoms with van der Waals surface area (Å²) in [5.74, 6) is 0.480. The van der Waals surface area contributed by atoms with E-state index in [1.54, 1.807) is 0 Å². The number of rotatable bonds is 4. The van der Waals surface area contributed by atoms with Gasteiger partial charge in [-0.25, -0.2) is 0 Å². The third-order valence-electron chi connectivity index (χ3n) is 7.29. The number of amides is 1. The minimum absolute atomic E-state index is 0.0254. The van der Waals surface area contributed by atoms with Crippen molar-refractivity contribution < 1.29 is 9.59 Å². The summed E-state index contributed by atoms with van der Waals surface area (Å²) >= 11 is 1.31. The SMILES string of the molecule is Cc1ccc(C(=O)CC2S/C(=N/N=C3\CC4CCC3(C)C4(C)C)NC2=O)cc1. The van der Waals surface area contributed by atoms with Crippen LogP contribution < -0.4 is 5.32 Å². The third-order valence-corrected chi connectivity index (χ3v) is 8.37. The fourth-order valence-corrected chi connectivity index (χ4v) is 5.72. The molecular weight excluding hydrogens is 370 g/mol. The summed E-state index contributed by atoms with van der Waals surface area (Å²) in [6.45, 7) is 8.94. The van der Waals surface area contributed by atoms with Gasteiger partial charge in [-0.15, -0.1) is 5.10 Å². The van der Waals surface area contributed by atoms with Crippen LogP contribution in [0.15, 0.2) is 34.5 Å². The first-order chi connectivity index (χ1) is 13.2. The molecule has 4 rings (SSSR count). The summed E-state index contributed by atoms with van der Waals surface area (Å²) in [6.07, 6.45) is 3.57. The van der Waals surface area contributed by atoms with Gasteiger partial charge in [0.15, 0.2) is 11.0 Å². The maximum atomic E-state index is 12.5. The molecule has 3 aliphatic rings. The number of thioether (sulfide) groups is 1. The lowest BCUT2D eigenvalue weighted by Gasteiger charge is -2.34. The number of amidine groups is 1. The highest BCUT2D eigenvalue weighted by atomic mass is 32.2. The van der Waals surface area contributed by atoms with Crippen molar-refractivity contribution in [2.75, 3.05) is 0 Å². The Morgan fingerprint density at radius 2 is 1.93 bits per heavy atom. The first-order valence-electron chi connectivity index (χ1n) is 9.93. The number of benzene rings is 1. The predicted octanol–water partition coefficient (Wildman–Crippen LogP) is 4.36. The van der Waals surface area contributed by atoms with Crippen LogP contribution >= 0.6 is 11.8 Å². The Hall–Kier alpha value is -1.95. The number of Topliss-reactive ketones (excluding diaryl/α,β-unsaturated/α-hetero) is 1. The van der Waals surface area contributed by atoms with Gasteiger partial charge in [0, 0.05) is 23.1 Å². The second-order valence-electron chi connectivity index (χ2n) is 9.03. The molecule has 1 saturated heterocycles. The van der Waals surface area contributed by atoms with E-state index >= 15 is 0 Å². The van der Waals surface area contributed by atoms with Crippen LogP contribution in [0, 0.1) is 23.7 Å². The molecule has 148 valence electrons. The first-order valence-corrected chi connectivity index (χ1v) is 10.8. The number of carbonyl (C=O) groups excluding carboxylic acids is 2. The van der Waals surface area contributed by atoms with Gasteiger partial charge in [0.25, 0.3) is 0 Å². The van der Waals surface area contributed by atoms with Crippen molar-refractivity contribution in [2.24, 2.45) is 27.0 Å². The Kier molecular flexibility index (Phi) is 4.73. The summed E-state index contributed by atoms with van der Waals surface area (Å²) in [5, 5.41) is 11.8. The quantitative estimate of drug-likeness (QED) is 0.606. The van der Waals surface area contributed by atoms with E-state index in [9.17, 15) is 9.59 Å². The molecule has 6 heteroatoms. The average Bonchev–Trinajstić information content (AvgIpc) is 3.17. The molecule has 2 bridgehead atoms. The smallest absolute Gasteiger partial charge is 0.240 e. The van der Waals surface area contributed by atoms with Crippen LogP contribution in [0.3, 0.4) is 0 Å². The van der Waals surface area contributed by atoms with Crippen molar-refractivity contribution in [1.29, 1.82) is 0 Å². The molecule has 2 aliphatic carbocycles. The van der Waals surface area contributed by atoms with E-state index in [4.69, 9.17) is 0 Å². The van der Waals surface area contributed by atoms with Crippen molar-refractivity contribution in [3.05, 3.63) is 35.4 Å². The van der Waals surface area contributed by atoms with Crippen LogP contribution in [0.25, 0.3) is 0 Å². The largest absolute Gasteiger partial charge is 0.303 e. The molecule has 1 N–H and O–H groups in total. The monoisotopic (exact) mass is 397 g/mol. The maximum Gasteiger partial charge on any atom is 0.240 e. The zero-order valence-corrected chi connectivity index (χ0v) is 17.7. The molecule has 1 amide bonds. The summed E-state index contributed by atoms with van der Waals surface area (Å²) in [7, 11) is 0. The van der Waals surface area contributed by atoms with E-state index in [0.29, 0.717) is 16.6 Å². The van der Waals surface area contributed by atoms with Crippen LogP contribution in [-0.4, -0.2) is 27.8 Å². The van der Waals surface area contributed by atoms with E-state index in [-0.39, 0.29) is 28.9 Å². The lowest BCUT2D eigenvalue weighted by Crippen LogP contribution is -2.32. The van der Waals surface area contributed by atoms with Crippen LogP contribution in [0.5, 0.6) is 0 Å². The maximum absolute atomic E-state index is 12.5. The Bertz CT molecular complexity index is 888. The second-order valence-corrected chi connectivity index (χ2v) is 10.2. The zero-order chi connectivity index (χ0) is 20.1. The molecule has 3 atom stereocenters. The number of carbonyl (C=O) groups is 2. The van der Waals surface area contributed by atoms with Crippen LogP contribution in [0.4, 0.5) is 0 Å². The second kappa shape index (κ2) is 6.83. The summed E-state index contributed by atoms with van der Waals surface area (Å²) in [6, 6.07) is 7.45. The number of ketones is 1. The molecule has 1 aromatic rings. The fourth-order valence-electron chi connectivity index (χ4n) is 4.80. The number of hydrogen-bond acceptors (Lipinski definition) is 5. The van der Waals surface area contributed by atoms with Crippen LogP contribution in [0.2, 0.25) is 0 Å². The van der Waals surface area contributed by atoms with Gasteiger partial charge >= 0.3 is 0 Å². The molecule has 0 spiro atoms. The van der Waals surface area contributed by atoms with Gasteiger partial charge in [-0.3, -0.25) is 9.59 Å². The summed E-state index contributed by atoms with van der Waals surface area (Å²) in [5.41, 5.74) is 3.24. The Balaban J connectivity index is 1.44. The highest BCUT2D eigenvalue weighted by Crippen LogP contribution is 2.64. The predicted molar refractivity (Wildman–Crippen MR) is 114 cm³/mol. The van der Waals surface area contributed by atoms with E-state index in [2.05, 4.69) is 36.3 Å². The van der Waals surface area contributed by atoms with Crippen molar-refractivity contribution in [2.45, 2.75) is 58.6 Å². The van der Waals surface area contributed by atoms with Crippen molar-refractivity contribution >= 4 is 34.3 Å². The van der Waals surface area contributed by atoms with Gasteiger partial charge in [0.2, 0.25) is 5.91 Å². The molecule has 0 radical (unpaired) electrons. The van der Waals surface area contributed by atoms with Crippen LogP contribution in [-0.2, 0) is 4.79 Å². The minimum atomic E-state index is -0.445. The molecule has 2 saturated carbocycles. The fraction of sp³-hybridized carbons (Fsp3) is 0.545. The molecular formula is C22H27N3O2S. The van der Waals surface area contributed by atoms with Gasteiger partial charge in [-0.05, 0) is 37.5 Å². The van der Waals surface area contributed by atoms with Gasteiger partial charge < -0.3 is 5.32 Å². The van der Waals surface area contributed by atoms with Crippen molar-refractivity contribution in [3.8, 4) is 0 Å². The van der Waals surface area contributed by atoms with E-state index in [0.717, 1.165) is 24.1 Å². The van der Waals surface area contributed by atoms with Crippen molar-refractivity contribution in [3.63, 3.8) is 0 Å². The highest BCUT2D eigenvalue weighted by Gasteiger charge is 2.60. The first kappa shape index (κ1) is 19.4. The topological polar surface area (TPSA) is 70.9 Å². The number of nitrogens with one attached hydrogen (secondary N) is 1. The molecule has 1 aromatic carbocycles. The lowest BCUT2D eigenvalue weighted by atomic mass is 9.70. The number of nitrogens with zero attached hydrogens (tertiary/aromatic N) is 2. The summed E-state index contributed by atoms with van der Waals surface area (Å²) in [4.78, 5) is 24.8. The molecule has 3 fully saturated rings. The van der Waals surface area contributed by atoms with Crippen LogP contribution in [0.1, 0.15) is 62.4 Å². The Labute approximate surface area is 170 Å². The zero-order valence-electron chi connectivity index (χ0n) is 16.9. The van der Waals surface area contributed by atoms with E-state index in [1.807, 2.05) is 31.2 Å². The van der Waals surface area contributed by atoms with Gasteiger partial charge in [0.05, 0.1) is 5.25 Å². The lowest BCUT2D eigenvalue weighted by molar-refractivity contribution is -0.118.